The summed E-state index contributed by atoms with van der Waals surface area (Å²) in [5.74, 6) is -0.560. The fraction of sp³-hybridized carbons (Fsp3) is 0.667. The zero-order chi connectivity index (χ0) is 15.8. The third-order valence-electron chi connectivity index (χ3n) is 3.33. The number of nitrogens with zero attached hydrogens (tertiary/aromatic N) is 2. The Kier molecular flexibility index (Phi) is 6.91. The molecular weight excluding hydrogens is 270 g/mol. The van der Waals surface area contributed by atoms with Crippen LogP contribution in [-0.4, -0.2) is 33.3 Å². The van der Waals surface area contributed by atoms with Crippen LogP contribution in [0.3, 0.4) is 0 Å². The van der Waals surface area contributed by atoms with E-state index in [0.717, 1.165) is 25.0 Å². The normalized spacial score (nSPS) is 10.9. The van der Waals surface area contributed by atoms with Gasteiger partial charge in [0.15, 0.2) is 0 Å². The summed E-state index contributed by atoms with van der Waals surface area (Å²) in [5.41, 5.74) is 1.49. The van der Waals surface area contributed by atoms with Crippen molar-refractivity contribution in [3.05, 3.63) is 17.5 Å². The van der Waals surface area contributed by atoms with Gasteiger partial charge in [-0.3, -0.25) is 14.3 Å². The molecule has 2 N–H and O–H groups in total. The van der Waals surface area contributed by atoms with Gasteiger partial charge in [0.2, 0.25) is 0 Å². The van der Waals surface area contributed by atoms with Gasteiger partial charge in [0.1, 0.15) is 5.69 Å². The first-order valence-electron chi connectivity index (χ1n) is 7.45. The smallest absolute Gasteiger partial charge is 0.303 e. The molecule has 21 heavy (non-hydrogen) atoms. The van der Waals surface area contributed by atoms with E-state index in [4.69, 9.17) is 5.11 Å². The summed E-state index contributed by atoms with van der Waals surface area (Å²) in [6.07, 6.45) is 3.59. The first-order valence-corrected chi connectivity index (χ1v) is 7.45. The second-order valence-corrected chi connectivity index (χ2v) is 5.55. The number of rotatable bonds is 9. The molecule has 1 aromatic rings. The number of nitrogens with one attached hydrogen (secondary N) is 1. The Morgan fingerprint density at radius 2 is 1.95 bits per heavy atom. The first-order chi connectivity index (χ1) is 9.91. The molecule has 0 saturated carbocycles. The van der Waals surface area contributed by atoms with Crippen molar-refractivity contribution in [2.45, 2.75) is 51.9 Å². The number of hydrogen-bond donors (Lipinski definition) is 2. The zero-order valence-electron chi connectivity index (χ0n) is 13.1. The quantitative estimate of drug-likeness (QED) is 0.685. The maximum Gasteiger partial charge on any atom is 0.303 e. The molecule has 0 saturated heterocycles. The lowest BCUT2D eigenvalue weighted by Crippen LogP contribution is -2.26. The number of carboxylic acids is 1. The van der Waals surface area contributed by atoms with E-state index >= 15 is 0 Å². The van der Waals surface area contributed by atoms with E-state index in [2.05, 4.69) is 10.4 Å². The third kappa shape index (κ3) is 5.97. The minimum Gasteiger partial charge on any atom is -0.481 e. The van der Waals surface area contributed by atoms with Crippen LogP contribution in [0.5, 0.6) is 0 Å². The van der Waals surface area contributed by atoms with Crippen molar-refractivity contribution in [3.63, 3.8) is 0 Å². The van der Waals surface area contributed by atoms with Gasteiger partial charge in [0, 0.05) is 20.0 Å². The van der Waals surface area contributed by atoms with Gasteiger partial charge >= 0.3 is 5.97 Å². The number of hydrogen-bond acceptors (Lipinski definition) is 3. The zero-order valence-corrected chi connectivity index (χ0v) is 13.1. The van der Waals surface area contributed by atoms with Crippen molar-refractivity contribution in [2.24, 2.45) is 7.05 Å². The summed E-state index contributed by atoms with van der Waals surface area (Å²) < 4.78 is 1.61. The molecule has 0 aliphatic heterocycles. The van der Waals surface area contributed by atoms with Crippen LogP contribution in [-0.2, 0) is 11.8 Å². The van der Waals surface area contributed by atoms with Crippen LogP contribution < -0.4 is 5.32 Å². The highest BCUT2D eigenvalue weighted by Gasteiger charge is 2.14. The van der Waals surface area contributed by atoms with E-state index in [1.54, 1.807) is 11.7 Å². The van der Waals surface area contributed by atoms with Crippen LogP contribution in [0, 0.1) is 0 Å². The number of amides is 1. The van der Waals surface area contributed by atoms with Crippen molar-refractivity contribution in [1.29, 1.82) is 0 Å². The Hall–Kier alpha value is -1.85. The summed E-state index contributed by atoms with van der Waals surface area (Å²) >= 11 is 0. The van der Waals surface area contributed by atoms with Crippen LogP contribution in [0.15, 0.2) is 6.07 Å². The second-order valence-electron chi connectivity index (χ2n) is 5.55. The van der Waals surface area contributed by atoms with Crippen molar-refractivity contribution >= 4 is 11.9 Å². The first kappa shape index (κ1) is 17.2. The highest BCUT2D eigenvalue weighted by Crippen LogP contribution is 2.13. The molecule has 6 heteroatoms. The number of unbranched alkanes of at least 4 members (excludes halogenated alkanes) is 3. The fourth-order valence-corrected chi connectivity index (χ4v) is 2.03. The summed E-state index contributed by atoms with van der Waals surface area (Å²) in [7, 11) is 1.77. The minimum absolute atomic E-state index is 0.109. The molecule has 0 radical (unpaired) electrons. The van der Waals surface area contributed by atoms with Gasteiger partial charge < -0.3 is 10.4 Å². The average Bonchev–Trinajstić information content (AvgIpc) is 2.79. The highest BCUT2D eigenvalue weighted by atomic mass is 16.4. The number of carboxylic acid groups (broad SMARTS) is 1. The number of aryl methyl sites for hydroxylation is 1. The predicted molar refractivity (Wildman–Crippen MR) is 80.4 cm³/mol. The van der Waals surface area contributed by atoms with E-state index < -0.39 is 5.97 Å². The lowest BCUT2D eigenvalue weighted by molar-refractivity contribution is -0.137. The summed E-state index contributed by atoms with van der Waals surface area (Å²) in [5, 5.41) is 15.7. The number of carbonyl (C=O) groups excluding carboxylic acids is 1. The van der Waals surface area contributed by atoms with Gasteiger partial charge in [-0.15, -0.1) is 0 Å². The van der Waals surface area contributed by atoms with Crippen molar-refractivity contribution in [3.8, 4) is 0 Å². The molecule has 1 aromatic heterocycles. The van der Waals surface area contributed by atoms with Crippen LogP contribution in [0.4, 0.5) is 0 Å². The molecular formula is C15H25N3O3. The van der Waals surface area contributed by atoms with E-state index in [1.165, 1.54) is 0 Å². The summed E-state index contributed by atoms with van der Waals surface area (Å²) in [6, 6.07) is 1.83. The Bertz CT molecular complexity index is 481. The molecule has 0 unspecified atom stereocenters. The molecule has 0 aliphatic carbocycles. The monoisotopic (exact) mass is 295 g/mol. The molecule has 0 fully saturated rings. The lowest BCUT2D eigenvalue weighted by atomic mass is 10.1. The second kappa shape index (κ2) is 8.44. The topological polar surface area (TPSA) is 84.2 Å². The van der Waals surface area contributed by atoms with Gasteiger partial charge in [-0.1, -0.05) is 26.7 Å². The van der Waals surface area contributed by atoms with Gasteiger partial charge in [-0.05, 0) is 24.8 Å². The minimum atomic E-state index is -0.750. The molecule has 0 bridgehead atoms. The lowest BCUT2D eigenvalue weighted by Gasteiger charge is -2.05. The number of aromatic nitrogens is 2. The highest BCUT2D eigenvalue weighted by molar-refractivity contribution is 5.92. The van der Waals surface area contributed by atoms with Gasteiger partial charge in [0.25, 0.3) is 5.91 Å². The molecule has 1 amide bonds. The largest absolute Gasteiger partial charge is 0.481 e. The van der Waals surface area contributed by atoms with E-state index in [1.807, 2.05) is 19.9 Å². The SMILES string of the molecule is CC(C)c1cc(C(=O)NCCCCCCC(=O)O)n(C)n1. The van der Waals surface area contributed by atoms with Crippen molar-refractivity contribution < 1.29 is 14.7 Å². The number of carbonyl (C=O) groups is 2. The van der Waals surface area contributed by atoms with Crippen molar-refractivity contribution in [2.75, 3.05) is 6.54 Å². The molecule has 1 heterocycles. The number of aliphatic carboxylic acids is 1. The molecule has 0 aliphatic rings. The van der Waals surface area contributed by atoms with Crippen molar-refractivity contribution in [1.82, 2.24) is 15.1 Å². The summed E-state index contributed by atoms with van der Waals surface area (Å²) in [6.45, 7) is 4.69. The Morgan fingerprint density at radius 1 is 1.29 bits per heavy atom. The molecule has 118 valence electrons. The Morgan fingerprint density at radius 3 is 2.52 bits per heavy atom. The van der Waals surface area contributed by atoms with Crippen LogP contribution >= 0.6 is 0 Å². The van der Waals surface area contributed by atoms with Gasteiger partial charge in [-0.25, -0.2) is 0 Å². The Labute approximate surface area is 125 Å². The molecule has 0 spiro atoms. The maximum absolute atomic E-state index is 12.0. The average molecular weight is 295 g/mol. The predicted octanol–water partition coefficient (Wildman–Crippen LogP) is 2.31. The van der Waals surface area contributed by atoms with Crippen LogP contribution in [0.2, 0.25) is 0 Å². The van der Waals surface area contributed by atoms with Crippen LogP contribution in [0.25, 0.3) is 0 Å². The van der Waals surface area contributed by atoms with Crippen LogP contribution in [0.1, 0.15) is 68.1 Å². The molecule has 1 rings (SSSR count). The molecule has 0 aromatic carbocycles. The standard InChI is InChI=1S/C15H25N3O3/c1-11(2)12-10-13(18(3)17-12)15(21)16-9-7-5-4-6-8-14(19)20/h10-11H,4-9H2,1-3H3,(H,16,21)(H,19,20). The van der Waals surface area contributed by atoms with E-state index in [0.29, 0.717) is 24.6 Å². The van der Waals surface area contributed by atoms with E-state index in [9.17, 15) is 9.59 Å². The molecule has 0 atom stereocenters. The fourth-order valence-electron chi connectivity index (χ4n) is 2.03. The Balaban J connectivity index is 2.26. The van der Waals surface area contributed by atoms with E-state index in [-0.39, 0.29) is 12.3 Å². The molecule has 6 nitrogen and oxygen atoms in total. The summed E-state index contributed by atoms with van der Waals surface area (Å²) in [4.78, 5) is 22.4. The third-order valence-corrected chi connectivity index (χ3v) is 3.33. The van der Waals surface area contributed by atoms with Gasteiger partial charge in [0.05, 0.1) is 5.69 Å². The van der Waals surface area contributed by atoms with Gasteiger partial charge in [-0.2, -0.15) is 5.10 Å². The maximum atomic E-state index is 12.0.